The number of hydrogen-bond acceptors (Lipinski definition) is 2. The van der Waals surface area contributed by atoms with E-state index in [9.17, 15) is 4.79 Å². The van der Waals surface area contributed by atoms with E-state index in [2.05, 4.69) is 28.9 Å². The van der Waals surface area contributed by atoms with Gasteiger partial charge in [-0.1, -0.05) is 54.3 Å². The van der Waals surface area contributed by atoms with Crippen molar-refractivity contribution in [3.8, 4) is 0 Å². The summed E-state index contributed by atoms with van der Waals surface area (Å²) < 4.78 is 5.03. The molecule has 0 N–H and O–H groups in total. The summed E-state index contributed by atoms with van der Waals surface area (Å²) >= 11 is 3.28. The summed E-state index contributed by atoms with van der Waals surface area (Å²) in [5.74, 6) is -0.102. The SMILES string of the molecule is CCCCCC/C=C\COC(=O)CCCBr. The van der Waals surface area contributed by atoms with Crippen LogP contribution in [0.4, 0.5) is 0 Å². The lowest BCUT2D eigenvalue weighted by Crippen LogP contribution is -2.04. The van der Waals surface area contributed by atoms with Crippen LogP contribution in [-0.2, 0) is 9.53 Å². The Morgan fingerprint density at radius 2 is 2.00 bits per heavy atom. The van der Waals surface area contributed by atoms with Crippen LogP contribution in [0.2, 0.25) is 0 Å². The van der Waals surface area contributed by atoms with Gasteiger partial charge in [-0.05, 0) is 19.3 Å². The third kappa shape index (κ3) is 11.8. The van der Waals surface area contributed by atoms with E-state index in [0.717, 1.165) is 18.2 Å². The van der Waals surface area contributed by atoms with Gasteiger partial charge in [-0.15, -0.1) is 0 Å². The number of rotatable bonds is 10. The van der Waals surface area contributed by atoms with Crippen molar-refractivity contribution >= 4 is 21.9 Å². The van der Waals surface area contributed by atoms with Gasteiger partial charge in [0.05, 0.1) is 0 Å². The Bertz CT molecular complexity index is 190. The summed E-state index contributed by atoms with van der Waals surface area (Å²) in [5.41, 5.74) is 0. The van der Waals surface area contributed by atoms with Crippen LogP contribution in [0.15, 0.2) is 12.2 Å². The van der Waals surface area contributed by atoms with Crippen molar-refractivity contribution in [3.05, 3.63) is 12.2 Å². The van der Waals surface area contributed by atoms with Gasteiger partial charge < -0.3 is 4.74 Å². The molecular weight excluding hydrogens is 268 g/mol. The topological polar surface area (TPSA) is 26.3 Å². The summed E-state index contributed by atoms with van der Waals surface area (Å²) in [6.07, 6.45) is 11.6. The Morgan fingerprint density at radius 3 is 2.69 bits per heavy atom. The molecule has 0 amide bonds. The molecule has 0 atom stereocenters. The minimum Gasteiger partial charge on any atom is -0.461 e. The van der Waals surface area contributed by atoms with Crippen molar-refractivity contribution in [1.29, 1.82) is 0 Å². The fourth-order valence-electron chi connectivity index (χ4n) is 1.30. The molecule has 0 radical (unpaired) electrons. The Morgan fingerprint density at radius 1 is 1.19 bits per heavy atom. The van der Waals surface area contributed by atoms with Gasteiger partial charge in [-0.2, -0.15) is 0 Å². The molecule has 0 aliphatic carbocycles. The predicted molar refractivity (Wildman–Crippen MR) is 71.9 cm³/mol. The third-order valence-corrected chi connectivity index (χ3v) is 2.81. The second-order valence-electron chi connectivity index (χ2n) is 3.80. The third-order valence-electron chi connectivity index (χ3n) is 2.25. The quantitative estimate of drug-likeness (QED) is 0.260. The number of alkyl halides is 1. The molecule has 0 fully saturated rings. The number of hydrogen-bond donors (Lipinski definition) is 0. The van der Waals surface area contributed by atoms with Crippen molar-refractivity contribution < 1.29 is 9.53 Å². The first-order valence-electron chi connectivity index (χ1n) is 6.17. The molecule has 0 spiro atoms. The van der Waals surface area contributed by atoms with Gasteiger partial charge >= 0.3 is 5.97 Å². The summed E-state index contributed by atoms with van der Waals surface area (Å²) in [7, 11) is 0. The normalized spacial score (nSPS) is 10.9. The van der Waals surface area contributed by atoms with Crippen LogP contribution >= 0.6 is 15.9 Å². The fraction of sp³-hybridized carbons (Fsp3) is 0.769. The van der Waals surface area contributed by atoms with Crippen LogP contribution in [0, 0.1) is 0 Å². The number of carbonyl (C=O) groups excluding carboxylic acids is 1. The number of ether oxygens (including phenoxy) is 1. The lowest BCUT2D eigenvalue weighted by Gasteiger charge is -1.99. The first-order valence-corrected chi connectivity index (χ1v) is 7.30. The average Bonchev–Trinajstić information content (AvgIpc) is 2.30. The Kier molecular flexibility index (Phi) is 12.5. The van der Waals surface area contributed by atoms with E-state index in [4.69, 9.17) is 4.74 Å². The number of unbranched alkanes of at least 4 members (excludes halogenated alkanes) is 4. The van der Waals surface area contributed by atoms with Crippen LogP contribution in [0.5, 0.6) is 0 Å². The first-order chi connectivity index (χ1) is 7.81. The van der Waals surface area contributed by atoms with Gasteiger partial charge in [0.1, 0.15) is 6.61 Å². The van der Waals surface area contributed by atoms with Crippen LogP contribution in [0.1, 0.15) is 51.9 Å². The van der Waals surface area contributed by atoms with E-state index in [-0.39, 0.29) is 5.97 Å². The van der Waals surface area contributed by atoms with Gasteiger partial charge in [0, 0.05) is 11.8 Å². The van der Waals surface area contributed by atoms with Gasteiger partial charge in [0.15, 0.2) is 0 Å². The van der Waals surface area contributed by atoms with E-state index in [1.807, 2.05) is 6.08 Å². The zero-order valence-corrected chi connectivity index (χ0v) is 11.8. The largest absolute Gasteiger partial charge is 0.461 e. The highest BCUT2D eigenvalue weighted by atomic mass is 79.9. The summed E-state index contributed by atoms with van der Waals surface area (Å²) in [5, 5.41) is 0.857. The molecule has 0 aliphatic rings. The van der Waals surface area contributed by atoms with Gasteiger partial charge in [0.25, 0.3) is 0 Å². The lowest BCUT2D eigenvalue weighted by molar-refractivity contribution is -0.142. The molecule has 16 heavy (non-hydrogen) atoms. The molecule has 94 valence electrons. The molecule has 0 unspecified atom stereocenters. The molecule has 2 nitrogen and oxygen atoms in total. The van der Waals surface area contributed by atoms with Crippen molar-refractivity contribution in [2.75, 3.05) is 11.9 Å². The number of carbonyl (C=O) groups is 1. The van der Waals surface area contributed by atoms with Crippen molar-refractivity contribution in [2.24, 2.45) is 0 Å². The lowest BCUT2D eigenvalue weighted by atomic mass is 10.1. The Balaban J connectivity index is 3.23. The average molecular weight is 291 g/mol. The second kappa shape index (κ2) is 12.8. The molecule has 0 aromatic rings. The summed E-state index contributed by atoms with van der Waals surface area (Å²) in [6.45, 7) is 2.64. The van der Waals surface area contributed by atoms with Crippen LogP contribution in [-0.4, -0.2) is 17.9 Å². The predicted octanol–water partition coefficient (Wildman–Crippen LogP) is 4.23. The molecule has 0 saturated carbocycles. The maximum atomic E-state index is 11.1. The Hall–Kier alpha value is -0.310. The molecule has 0 aromatic heterocycles. The van der Waals surface area contributed by atoms with Crippen molar-refractivity contribution in [2.45, 2.75) is 51.9 Å². The zero-order chi connectivity index (χ0) is 12.1. The highest BCUT2D eigenvalue weighted by Gasteiger charge is 1.99. The van der Waals surface area contributed by atoms with E-state index in [1.165, 1.54) is 25.7 Å². The van der Waals surface area contributed by atoms with Crippen LogP contribution < -0.4 is 0 Å². The molecule has 0 bridgehead atoms. The molecule has 3 heteroatoms. The number of halogens is 1. The smallest absolute Gasteiger partial charge is 0.306 e. The summed E-state index contributed by atoms with van der Waals surface area (Å²) in [4.78, 5) is 11.1. The minimum absolute atomic E-state index is 0.102. The highest BCUT2D eigenvalue weighted by molar-refractivity contribution is 9.09. The molecule has 0 heterocycles. The van der Waals surface area contributed by atoms with Crippen molar-refractivity contribution in [3.63, 3.8) is 0 Å². The highest BCUT2D eigenvalue weighted by Crippen LogP contribution is 2.03. The standard InChI is InChI=1S/C13H23BrO2/c1-2-3-4-5-6-7-8-12-16-13(15)10-9-11-14/h7-8H,2-6,9-12H2,1H3/b8-7-. The van der Waals surface area contributed by atoms with E-state index in [1.54, 1.807) is 0 Å². The Labute approximate surface area is 108 Å². The minimum atomic E-state index is -0.102. The zero-order valence-electron chi connectivity index (χ0n) is 10.2. The molecule has 0 saturated heterocycles. The molecular formula is C13H23BrO2. The van der Waals surface area contributed by atoms with E-state index < -0.39 is 0 Å². The molecule has 0 aromatic carbocycles. The number of allylic oxidation sites excluding steroid dienone is 1. The van der Waals surface area contributed by atoms with E-state index >= 15 is 0 Å². The van der Waals surface area contributed by atoms with Crippen LogP contribution in [0.3, 0.4) is 0 Å². The monoisotopic (exact) mass is 290 g/mol. The van der Waals surface area contributed by atoms with Crippen molar-refractivity contribution in [1.82, 2.24) is 0 Å². The number of esters is 1. The van der Waals surface area contributed by atoms with Gasteiger partial charge in [-0.3, -0.25) is 4.79 Å². The van der Waals surface area contributed by atoms with Crippen LogP contribution in [0.25, 0.3) is 0 Å². The molecule has 0 aliphatic heterocycles. The van der Waals surface area contributed by atoms with Gasteiger partial charge in [0.2, 0.25) is 0 Å². The van der Waals surface area contributed by atoms with E-state index in [0.29, 0.717) is 13.0 Å². The second-order valence-corrected chi connectivity index (χ2v) is 4.59. The summed E-state index contributed by atoms with van der Waals surface area (Å²) in [6, 6.07) is 0. The van der Waals surface area contributed by atoms with Gasteiger partial charge in [-0.25, -0.2) is 0 Å². The maximum absolute atomic E-state index is 11.1. The molecule has 0 rings (SSSR count). The first kappa shape index (κ1) is 15.7. The fourth-order valence-corrected chi connectivity index (χ4v) is 1.58. The maximum Gasteiger partial charge on any atom is 0.306 e.